The molecule has 0 spiro atoms. The molecular formula is C16H25ClN2O3. The van der Waals surface area contributed by atoms with Gasteiger partial charge < -0.3 is 19.7 Å². The first-order valence-corrected chi connectivity index (χ1v) is 7.38. The van der Waals surface area contributed by atoms with Crippen molar-refractivity contribution < 1.29 is 14.3 Å². The van der Waals surface area contributed by atoms with E-state index < -0.39 is 0 Å². The molecule has 1 aliphatic heterocycles. The fourth-order valence-electron chi connectivity index (χ4n) is 2.44. The monoisotopic (exact) mass is 328 g/mol. The molecule has 0 saturated carbocycles. The number of carbonyl (C=O) groups excluding carboxylic acids is 1. The second-order valence-corrected chi connectivity index (χ2v) is 5.30. The Labute approximate surface area is 138 Å². The fraction of sp³-hybridized carbons (Fsp3) is 0.562. The zero-order valence-electron chi connectivity index (χ0n) is 13.2. The van der Waals surface area contributed by atoms with Crippen LogP contribution in [-0.4, -0.2) is 56.8 Å². The van der Waals surface area contributed by atoms with Crippen LogP contribution in [-0.2, 0) is 14.3 Å². The van der Waals surface area contributed by atoms with Crippen molar-refractivity contribution in [2.24, 2.45) is 0 Å². The Morgan fingerprint density at radius 3 is 2.82 bits per heavy atom. The highest BCUT2D eigenvalue weighted by molar-refractivity contribution is 5.85. The van der Waals surface area contributed by atoms with E-state index in [-0.39, 0.29) is 30.5 Å². The third kappa shape index (κ3) is 5.25. The highest BCUT2D eigenvalue weighted by Gasteiger charge is 2.29. The molecule has 5 nitrogen and oxygen atoms in total. The van der Waals surface area contributed by atoms with E-state index in [4.69, 9.17) is 9.47 Å². The van der Waals surface area contributed by atoms with Gasteiger partial charge in [0, 0.05) is 13.7 Å². The van der Waals surface area contributed by atoms with Gasteiger partial charge in [-0.05, 0) is 12.5 Å². The maximum atomic E-state index is 12.3. The van der Waals surface area contributed by atoms with Gasteiger partial charge in [0.15, 0.2) is 0 Å². The maximum Gasteiger partial charge on any atom is 0.236 e. The van der Waals surface area contributed by atoms with Gasteiger partial charge in [0.25, 0.3) is 0 Å². The number of benzene rings is 1. The summed E-state index contributed by atoms with van der Waals surface area (Å²) in [7, 11) is 1.65. The summed E-state index contributed by atoms with van der Waals surface area (Å²) >= 11 is 0. The molecule has 1 heterocycles. The fourth-order valence-corrected chi connectivity index (χ4v) is 2.44. The summed E-state index contributed by atoms with van der Waals surface area (Å²) in [6, 6.07) is 10.2. The van der Waals surface area contributed by atoms with E-state index in [0.29, 0.717) is 32.8 Å². The number of nitrogens with one attached hydrogen (secondary N) is 1. The van der Waals surface area contributed by atoms with Gasteiger partial charge in [0.2, 0.25) is 5.91 Å². The molecule has 2 atom stereocenters. The van der Waals surface area contributed by atoms with E-state index >= 15 is 0 Å². The topological polar surface area (TPSA) is 50.8 Å². The number of nitrogens with zero attached hydrogens (tertiary/aromatic N) is 1. The van der Waals surface area contributed by atoms with E-state index in [0.717, 1.165) is 5.56 Å². The molecule has 0 aliphatic carbocycles. The van der Waals surface area contributed by atoms with Gasteiger partial charge in [-0.2, -0.15) is 0 Å². The number of hydrogen-bond acceptors (Lipinski definition) is 4. The quantitative estimate of drug-likeness (QED) is 0.807. The first-order chi connectivity index (χ1) is 10.2. The highest BCUT2D eigenvalue weighted by Crippen LogP contribution is 2.24. The van der Waals surface area contributed by atoms with Crippen LogP contribution in [0.1, 0.15) is 18.6 Å². The first-order valence-electron chi connectivity index (χ1n) is 7.38. The average Bonchev–Trinajstić information content (AvgIpc) is 2.52. The van der Waals surface area contributed by atoms with E-state index in [2.05, 4.69) is 5.32 Å². The van der Waals surface area contributed by atoms with Crippen LogP contribution in [0, 0.1) is 0 Å². The molecule has 1 aromatic rings. The zero-order chi connectivity index (χ0) is 15.1. The predicted molar refractivity (Wildman–Crippen MR) is 88.3 cm³/mol. The number of amides is 1. The van der Waals surface area contributed by atoms with Crippen molar-refractivity contribution in [1.82, 2.24) is 10.2 Å². The van der Waals surface area contributed by atoms with Crippen molar-refractivity contribution >= 4 is 18.3 Å². The summed E-state index contributed by atoms with van der Waals surface area (Å²) < 4.78 is 10.8. The molecule has 124 valence electrons. The summed E-state index contributed by atoms with van der Waals surface area (Å²) in [6.45, 7) is 4.84. The number of halogens is 1. The van der Waals surface area contributed by atoms with Crippen LogP contribution in [0.4, 0.5) is 0 Å². The smallest absolute Gasteiger partial charge is 0.236 e. The van der Waals surface area contributed by atoms with Gasteiger partial charge in [-0.25, -0.2) is 0 Å². The SMILES string of the molecule is COCCNCC(=O)N1CC(c2ccccc2)OCC1C.Cl. The molecule has 1 amide bonds. The molecular weight excluding hydrogens is 304 g/mol. The van der Waals surface area contributed by atoms with E-state index in [1.165, 1.54) is 0 Å². The van der Waals surface area contributed by atoms with Gasteiger partial charge >= 0.3 is 0 Å². The lowest BCUT2D eigenvalue weighted by atomic mass is 10.1. The van der Waals surface area contributed by atoms with E-state index in [1.54, 1.807) is 7.11 Å². The van der Waals surface area contributed by atoms with Crippen molar-refractivity contribution in [1.29, 1.82) is 0 Å². The molecule has 1 N–H and O–H groups in total. The molecule has 1 aliphatic rings. The molecule has 1 aromatic carbocycles. The molecule has 0 aromatic heterocycles. The summed E-state index contributed by atoms with van der Waals surface area (Å²) in [5.41, 5.74) is 1.12. The molecule has 22 heavy (non-hydrogen) atoms. The summed E-state index contributed by atoms with van der Waals surface area (Å²) in [5, 5.41) is 3.10. The van der Waals surface area contributed by atoms with Gasteiger partial charge in [0.05, 0.1) is 32.3 Å². The molecule has 1 fully saturated rings. The number of methoxy groups -OCH3 is 1. The van der Waals surface area contributed by atoms with Crippen LogP contribution in [0.3, 0.4) is 0 Å². The normalized spacial score (nSPS) is 21.3. The van der Waals surface area contributed by atoms with Crippen LogP contribution < -0.4 is 5.32 Å². The number of hydrogen-bond donors (Lipinski definition) is 1. The number of morpholine rings is 1. The van der Waals surface area contributed by atoms with E-state index in [1.807, 2.05) is 42.2 Å². The van der Waals surface area contributed by atoms with Crippen molar-refractivity contribution in [2.45, 2.75) is 19.1 Å². The lowest BCUT2D eigenvalue weighted by Crippen LogP contribution is -2.51. The standard InChI is InChI=1S/C16H24N2O3.ClH/c1-13-12-21-15(14-6-4-3-5-7-14)11-18(13)16(19)10-17-8-9-20-2;/h3-7,13,15,17H,8-12H2,1-2H3;1H. The maximum absolute atomic E-state index is 12.3. The van der Waals surface area contributed by atoms with Gasteiger partial charge in [-0.15, -0.1) is 12.4 Å². The number of rotatable bonds is 6. The Morgan fingerprint density at radius 2 is 2.14 bits per heavy atom. The van der Waals surface area contributed by atoms with Crippen molar-refractivity contribution in [3.8, 4) is 0 Å². The van der Waals surface area contributed by atoms with Crippen LogP contribution >= 0.6 is 12.4 Å². The van der Waals surface area contributed by atoms with Crippen molar-refractivity contribution in [3.05, 3.63) is 35.9 Å². The van der Waals surface area contributed by atoms with Gasteiger partial charge in [0.1, 0.15) is 6.10 Å². The minimum absolute atomic E-state index is 0. The Bertz CT molecular complexity index is 444. The second-order valence-electron chi connectivity index (χ2n) is 5.30. The molecule has 0 bridgehead atoms. The predicted octanol–water partition coefficient (Wildman–Crippen LogP) is 1.63. The number of carbonyl (C=O) groups is 1. The molecule has 2 unspecified atom stereocenters. The van der Waals surface area contributed by atoms with Gasteiger partial charge in [-0.3, -0.25) is 4.79 Å². The summed E-state index contributed by atoms with van der Waals surface area (Å²) in [6.07, 6.45) is -0.0367. The first kappa shape index (κ1) is 18.9. The minimum atomic E-state index is -0.0367. The Kier molecular flexibility index (Phi) is 8.42. The lowest BCUT2D eigenvalue weighted by Gasteiger charge is -2.38. The molecule has 2 rings (SSSR count). The van der Waals surface area contributed by atoms with Crippen molar-refractivity contribution in [3.63, 3.8) is 0 Å². The van der Waals surface area contributed by atoms with Crippen LogP contribution in [0.15, 0.2) is 30.3 Å². The minimum Gasteiger partial charge on any atom is -0.383 e. The average molecular weight is 329 g/mol. The van der Waals surface area contributed by atoms with Crippen LogP contribution in [0.5, 0.6) is 0 Å². The third-order valence-corrected chi connectivity index (χ3v) is 3.68. The summed E-state index contributed by atoms with van der Waals surface area (Å²) in [5.74, 6) is 0.114. The largest absolute Gasteiger partial charge is 0.383 e. The van der Waals surface area contributed by atoms with E-state index in [9.17, 15) is 4.79 Å². The van der Waals surface area contributed by atoms with Crippen LogP contribution in [0.2, 0.25) is 0 Å². The third-order valence-electron chi connectivity index (χ3n) is 3.68. The zero-order valence-corrected chi connectivity index (χ0v) is 14.0. The Morgan fingerprint density at radius 1 is 1.41 bits per heavy atom. The summed E-state index contributed by atoms with van der Waals surface area (Å²) in [4.78, 5) is 14.2. The van der Waals surface area contributed by atoms with Crippen LogP contribution in [0.25, 0.3) is 0 Å². The number of ether oxygens (including phenoxy) is 2. The lowest BCUT2D eigenvalue weighted by molar-refractivity contribution is -0.143. The molecule has 1 saturated heterocycles. The second kappa shape index (κ2) is 9.79. The van der Waals surface area contributed by atoms with Gasteiger partial charge in [-0.1, -0.05) is 30.3 Å². The van der Waals surface area contributed by atoms with Crippen molar-refractivity contribution in [2.75, 3.05) is 40.0 Å². The Hall–Kier alpha value is -1.14. The Balaban J connectivity index is 0.00000242. The molecule has 0 radical (unpaired) electrons. The highest BCUT2D eigenvalue weighted by atomic mass is 35.5. The molecule has 6 heteroatoms.